The molecule has 0 aliphatic heterocycles. The number of hydrogen-bond acceptors (Lipinski definition) is 3. The number of nitrogens with two attached hydrogens (primary N) is 1. The molecule has 1 amide bonds. The summed E-state index contributed by atoms with van der Waals surface area (Å²) in [5.41, 5.74) is 12.3. The van der Waals surface area contributed by atoms with Gasteiger partial charge in [0.25, 0.3) is 0 Å². The first kappa shape index (κ1) is 22.3. The summed E-state index contributed by atoms with van der Waals surface area (Å²) in [5.74, 6) is -0.0377. The molecule has 1 saturated carbocycles. The smallest absolute Gasteiger partial charge is 0.224 e. The number of ketones is 1. The largest absolute Gasteiger partial charge is 0.369 e. The van der Waals surface area contributed by atoms with Crippen LogP contribution < -0.4 is 11.2 Å². The predicted octanol–water partition coefficient (Wildman–Crippen LogP) is 3.82. The number of hydrogen-bond donors (Lipinski definition) is 1. The highest BCUT2D eigenvalue weighted by Gasteiger charge is 2.35. The number of aryl methyl sites for hydroxylation is 3. The fourth-order valence-corrected chi connectivity index (χ4v) is 6.43. The number of aromatic nitrogens is 1. The number of carbonyl (C=O) groups excluding carboxylic acids is 2. The molecule has 1 fully saturated rings. The van der Waals surface area contributed by atoms with Crippen molar-refractivity contribution in [2.75, 3.05) is 0 Å². The van der Waals surface area contributed by atoms with Gasteiger partial charge in [-0.1, -0.05) is 39.9 Å². The van der Waals surface area contributed by atoms with Crippen LogP contribution in [-0.4, -0.2) is 24.5 Å². The average Bonchev–Trinajstić information content (AvgIpc) is 3.02. The van der Waals surface area contributed by atoms with Gasteiger partial charge in [-0.15, -0.1) is 0 Å². The van der Waals surface area contributed by atoms with Gasteiger partial charge >= 0.3 is 0 Å². The number of Topliss-reactive ketones (excluding diaryl/α,β-unsaturated/α-hetero) is 1. The van der Waals surface area contributed by atoms with Crippen molar-refractivity contribution in [3.8, 4) is 0 Å². The molecule has 2 N–H and O–H groups in total. The first-order valence-electron chi connectivity index (χ1n) is 11.2. The van der Waals surface area contributed by atoms with E-state index in [0.29, 0.717) is 11.4 Å². The first-order valence-corrected chi connectivity index (χ1v) is 12.0. The second-order valence-electron chi connectivity index (χ2n) is 9.18. The lowest BCUT2D eigenvalue weighted by Crippen LogP contribution is -2.22. The lowest BCUT2D eigenvalue weighted by Gasteiger charge is -2.29. The van der Waals surface area contributed by atoms with Crippen LogP contribution in [0.2, 0.25) is 0 Å². The molecule has 160 valence electrons. The topological polar surface area (TPSA) is 73.1 Å². The zero-order valence-corrected chi connectivity index (χ0v) is 19.6. The molecule has 6 heteroatoms. The highest BCUT2D eigenvalue weighted by Crippen LogP contribution is 2.46. The van der Waals surface area contributed by atoms with Crippen LogP contribution in [0.4, 0.5) is 0 Å². The van der Waals surface area contributed by atoms with Gasteiger partial charge in [-0.2, -0.15) is 0 Å². The van der Waals surface area contributed by atoms with E-state index in [1.54, 1.807) is 6.20 Å². The average molecular weight is 479 g/mol. The Balaban J connectivity index is 1.72. The van der Waals surface area contributed by atoms with Crippen molar-refractivity contribution >= 4 is 40.9 Å². The first-order chi connectivity index (χ1) is 14.8. The lowest BCUT2D eigenvalue weighted by atomic mass is 9.76. The summed E-state index contributed by atoms with van der Waals surface area (Å²) in [5, 5.41) is 0. The molecule has 1 aromatic heterocycles. The van der Waals surface area contributed by atoms with Crippen LogP contribution >= 0.6 is 15.9 Å². The number of amides is 1. The van der Waals surface area contributed by atoms with Gasteiger partial charge in [0, 0.05) is 22.5 Å². The number of benzene rings is 1. The summed E-state index contributed by atoms with van der Waals surface area (Å²) in [7, 11) is 6.09. The third-order valence-electron chi connectivity index (χ3n) is 6.94. The molecule has 2 aliphatic rings. The van der Waals surface area contributed by atoms with Crippen LogP contribution in [0.3, 0.4) is 0 Å². The van der Waals surface area contributed by atoms with E-state index in [0.717, 1.165) is 55.1 Å². The minimum absolute atomic E-state index is 0.00230. The highest BCUT2D eigenvalue weighted by molar-refractivity contribution is 9.10. The molecule has 1 aromatic carbocycles. The monoisotopic (exact) mass is 478 g/mol. The summed E-state index contributed by atoms with van der Waals surface area (Å²) in [6, 6.07) is 6.58. The van der Waals surface area contributed by atoms with Crippen LogP contribution in [0.5, 0.6) is 0 Å². The van der Waals surface area contributed by atoms with E-state index < -0.39 is 5.91 Å². The fourth-order valence-electron chi connectivity index (χ4n) is 5.57. The van der Waals surface area contributed by atoms with Crippen LogP contribution in [0, 0.1) is 18.8 Å². The van der Waals surface area contributed by atoms with Gasteiger partial charge in [0.05, 0.1) is 12.1 Å². The number of halogens is 1. The minimum Gasteiger partial charge on any atom is -0.369 e. The summed E-state index contributed by atoms with van der Waals surface area (Å²) in [6.45, 7) is 2.13. The van der Waals surface area contributed by atoms with E-state index in [9.17, 15) is 9.59 Å². The highest BCUT2D eigenvalue weighted by atomic mass is 79.9. The zero-order valence-electron chi connectivity index (χ0n) is 18.0. The minimum atomic E-state index is -0.529. The van der Waals surface area contributed by atoms with Crippen LogP contribution in [0.15, 0.2) is 28.9 Å². The third-order valence-corrected chi connectivity index (χ3v) is 7.60. The van der Waals surface area contributed by atoms with E-state index in [1.807, 2.05) is 0 Å². The molecular formula is C25H28BBrN2O2. The van der Waals surface area contributed by atoms with Gasteiger partial charge in [-0.3, -0.25) is 14.6 Å². The van der Waals surface area contributed by atoms with E-state index in [4.69, 9.17) is 18.6 Å². The van der Waals surface area contributed by atoms with Crippen LogP contribution in [-0.2, 0) is 22.4 Å². The second-order valence-corrected chi connectivity index (χ2v) is 10.0. The number of pyridine rings is 1. The molecule has 3 atom stereocenters. The Morgan fingerprint density at radius 2 is 1.90 bits per heavy atom. The Labute approximate surface area is 193 Å². The van der Waals surface area contributed by atoms with Gasteiger partial charge in [0.1, 0.15) is 13.6 Å². The van der Waals surface area contributed by atoms with E-state index in [1.165, 1.54) is 22.3 Å². The van der Waals surface area contributed by atoms with E-state index in [-0.39, 0.29) is 24.0 Å². The van der Waals surface area contributed by atoms with Crippen molar-refractivity contribution in [3.63, 3.8) is 0 Å². The Morgan fingerprint density at radius 3 is 2.68 bits per heavy atom. The van der Waals surface area contributed by atoms with Crippen molar-refractivity contribution < 1.29 is 9.59 Å². The second kappa shape index (κ2) is 9.27. The molecule has 4 rings (SSSR count). The molecule has 2 aliphatic carbocycles. The van der Waals surface area contributed by atoms with Crippen molar-refractivity contribution in [2.24, 2.45) is 17.6 Å². The molecule has 0 bridgehead atoms. The molecule has 31 heavy (non-hydrogen) atoms. The van der Waals surface area contributed by atoms with Crippen LogP contribution in [0.1, 0.15) is 72.4 Å². The fraction of sp³-hybridized carbons (Fsp3) is 0.480. The maximum atomic E-state index is 12.5. The van der Waals surface area contributed by atoms with E-state index >= 15 is 0 Å². The van der Waals surface area contributed by atoms with Crippen molar-refractivity contribution in [1.29, 1.82) is 0 Å². The maximum absolute atomic E-state index is 12.5. The van der Waals surface area contributed by atoms with Gasteiger partial charge in [-0.25, -0.2) is 0 Å². The third kappa shape index (κ3) is 4.79. The standard InChI is InChI=1S/C25H28BBrN2O2/c1-14-9-17-7-8-18-11-19(26)13-29-25(18)24(23(17)20(27)10-14)16-4-2-3-15(5-6-16)21(30)12-22(28)31/h9-11,13,15-16,24H,2-8,12H2,1H3,(H2,28,31)/t15?,16?,24-/m1/s1. The van der Waals surface area contributed by atoms with E-state index in [2.05, 4.69) is 41.1 Å². The Hall–Kier alpha value is -1.95. The Kier molecular flexibility index (Phi) is 6.66. The quantitative estimate of drug-likeness (QED) is 0.412. The normalized spacial score (nSPS) is 23.2. The molecule has 1 heterocycles. The number of carbonyl (C=O) groups is 2. The molecular weight excluding hydrogens is 451 g/mol. The molecule has 2 unspecified atom stereocenters. The van der Waals surface area contributed by atoms with Gasteiger partial charge in [0.2, 0.25) is 5.91 Å². The van der Waals surface area contributed by atoms with Gasteiger partial charge in [-0.05, 0) is 79.7 Å². The molecule has 0 spiro atoms. The number of fused-ring (bicyclic) bond motifs is 2. The van der Waals surface area contributed by atoms with Gasteiger partial charge in [0.15, 0.2) is 0 Å². The Bertz CT molecular complexity index is 1020. The number of nitrogens with zero attached hydrogens (tertiary/aromatic N) is 1. The Morgan fingerprint density at radius 1 is 1.13 bits per heavy atom. The van der Waals surface area contributed by atoms with Crippen molar-refractivity contribution in [3.05, 3.63) is 56.8 Å². The van der Waals surface area contributed by atoms with Crippen molar-refractivity contribution in [1.82, 2.24) is 4.98 Å². The van der Waals surface area contributed by atoms with Gasteiger partial charge < -0.3 is 5.73 Å². The lowest BCUT2D eigenvalue weighted by molar-refractivity contribution is -0.129. The molecule has 0 saturated heterocycles. The molecule has 2 aromatic rings. The zero-order chi connectivity index (χ0) is 22.1. The van der Waals surface area contributed by atoms with Crippen LogP contribution in [0.25, 0.3) is 0 Å². The summed E-state index contributed by atoms with van der Waals surface area (Å²) < 4.78 is 1.14. The van der Waals surface area contributed by atoms with Crippen molar-refractivity contribution in [2.45, 2.75) is 64.2 Å². The summed E-state index contributed by atoms with van der Waals surface area (Å²) in [6.07, 6.45) is 8.11. The summed E-state index contributed by atoms with van der Waals surface area (Å²) >= 11 is 3.86. The maximum Gasteiger partial charge on any atom is 0.224 e. The molecule has 4 nitrogen and oxygen atoms in total. The molecule has 2 radical (unpaired) electrons. The number of primary amides is 1. The SMILES string of the molecule is [B]c1cnc2c(c1)CCc1cc(C)cc(Br)c1[C@H]2C1CCCC(C(=O)CC(N)=O)CC1. The predicted molar refractivity (Wildman–Crippen MR) is 127 cm³/mol. The number of rotatable bonds is 4. The summed E-state index contributed by atoms with van der Waals surface area (Å²) in [4.78, 5) is 28.6.